The van der Waals surface area contributed by atoms with E-state index in [1.165, 1.54) is 0 Å². The van der Waals surface area contributed by atoms with Crippen LogP contribution in [0.2, 0.25) is 0 Å². The molecule has 0 fully saturated rings. The molecule has 0 bridgehead atoms. The first kappa shape index (κ1) is 15.6. The normalized spacial score (nSPS) is 10.5. The molecule has 4 nitrogen and oxygen atoms in total. The van der Waals surface area contributed by atoms with Gasteiger partial charge in [0.2, 0.25) is 11.8 Å². The highest BCUT2D eigenvalue weighted by atomic mass is 16.2. The third-order valence-corrected chi connectivity index (χ3v) is 3.03. The highest BCUT2D eigenvalue weighted by molar-refractivity contribution is 5.94. The van der Waals surface area contributed by atoms with Crippen LogP contribution in [0.5, 0.6) is 0 Å². The summed E-state index contributed by atoms with van der Waals surface area (Å²) in [7, 11) is 0. The minimum absolute atomic E-state index is 0.115. The van der Waals surface area contributed by atoms with Crippen molar-refractivity contribution in [3.8, 4) is 0 Å². The van der Waals surface area contributed by atoms with Crippen LogP contribution in [0.15, 0.2) is 65.7 Å². The maximum Gasteiger partial charge on any atom is 0.245 e. The Hall–Kier alpha value is -2.75. The molecule has 2 amide bonds. The lowest BCUT2D eigenvalue weighted by Gasteiger charge is -2.03. The number of amides is 2. The molecule has 2 rings (SSSR count). The van der Waals surface area contributed by atoms with Crippen molar-refractivity contribution in [1.29, 1.82) is 0 Å². The molecule has 0 aliphatic rings. The van der Waals surface area contributed by atoms with Gasteiger partial charge in [0.25, 0.3) is 0 Å². The zero-order valence-electron chi connectivity index (χ0n) is 12.2. The van der Waals surface area contributed by atoms with Crippen LogP contribution in [0.25, 0.3) is 0 Å². The molecular formula is C18H18N2O2. The molecular weight excluding hydrogens is 276 g/mol. The molecule has 22 heavy (non-hydrogen) atoms. The summed E-state index contributed by atoms with van der Waals surface area (Å²) in [6.45, 7) is 0. The van der Waals surface area contributed by atoms with E-state index in [-0.39, 0.29) is 24.7 Å². The van der Waals surface area contributed by atoms with Gasteiger partial charge in [0.05, 0.1) is 0 Å². The lowest BCUT2D eigenvalue weighted by molar-refractivity contribution is -0.122. The zero-order chi connectivity index (χ0) is 15.6. The second kappa shape index (κ2) is 8.52. The van der Waals surface area contributed by atoms with Crippen molar-refractivity contribution in [3.63, 3.8) is 0 Å². The second-order valence-corrected chi connectivity index (χ2v) is 4.81. The first-order chi connectivity index (χ1) is 10.7. The van der Waals surface area contributed by atoms with Crippen LogP contribution in [-0.2, 0) is 16.0 Å². The summed E-state index contributed by atoms with van der Waals surface area (Å²) in [5.41, 5.74) is 1.83. The third kappa shape index (κ3) is 5.71. The van der Waals surface area contributed by atoms with Crippen molar-refractivity contribution < 1.29 is 9.59 Å². The van der Waals surface area contributed by atoms with E-state index in [2.05, 4.69) is 10.3 Å². The summed E-state index contributed by atoms with van der Waals surface area (Å²) >= 11 is 0. The van der Waals surface area contributed by atoms with E-state index in [0.717, 1.165) is 11.3 Å². The predicted molar refractivity (Wildman–Crippen MR) is 88.0 cm³/mol. The molecule has 0 saturated carbocycles. The number of hydrogen-bond donors (Lipinski definition) is 1. The quantitative estimate of drug-likeness (QED) is 0.831. The molecule has 0 radical (unpaired) electrons. The molecule has 0 unspecified atom stereocenters. The van der Waals surface area contributed by atoms with Gasteiger partial charge in [0, 0.05) is 31.2 Å². The van der Waals surface area contributed by atoms with E-state index in [0.29, 0.717) is 6.42 Å². The highest BCUT2D eigenvalue weighted by Crippen LogP contribution is 2.06. The number of benzene rings is 2. The van der Waals surface area contributed by atoms with Crippen LogP contribution >= 0.6 is 0 Å². The van der Waals surface area contributed by atoms with Gasteiger partial charge in [-0.2, -0.15) is 0 Å². The van der Waals surface area contributed by atoms with E-state index in [4.69, 9.17) is 0 Å². The number of nitrogens with zero attached hydrogens (tertiary/aromatic N) is 1. The molecule has 2 aromatic carbocycles. The number of hydrogen-bond acceptors (Lipinski definition) is 2. The Morgan fingerprint density at radius 2 is 1.55 bits per heavy atom. The van der Waals surface area contributed by atoms with Crippen molar-refractivity contribution in [1.82, 2.24) is 0 Å². The first-order valence-corrected chi connectivity index (χ1v) is 7.18. The van der Waals surface area contributed by atoms with Crippen molar-refractivity contribution in [2.75, 3.05) is 5.32 Å². The number of nitrogens with one attached hydrogen (secondary N) is 1. The van der Waals surface area contributed by atoms with E-state index in [9.17, 15) is 9.59 Å². The van der Waals surface area contributed by atoms with Crippen LogP contribution in [0.4, 0.5) is 5.69 Å². The fourth-order valence-corrected chi connectivity index (χ4v) is 1.90. The molecule has 4 heteroatoms. The summed E-state index contributed by atoms with van der Waals surface area (Å²) in [5.74, 6) is -0.461. The van der Waals surface area contributed by atoms with E-state index in [1.807, 2.05) is 48.5 Å². The predicted octanol–water partition coefficient (Wildman–Crippen LogP) is 3.25. The standard InChI is InChI=1S/C18H18N2O2/c21-17(19-14-13-15-7-3-1-4-8-15)11-12-18(22)20-16-9-5-2-6-10-16/h1-10,14H,11-13H2,(H,20,22). The lowest BCUT2D eigenvalue weighted by Crippen LogP contribution is -2.12. The zero-order valence-corrected chi connectivity index (χ0v) is 12.2. The van der Waals surface area contributed by atoms with Crippen LogP contribution < -0.4 is 5.32 Å². The maximum absolute atomic E-state index is 11.7. The fourth-order valence-electron chi connectivity index (χ4n) is 1.90. The first-order valence-electron chi connectivity index (χ1n) is 7.18. The van der Waals surface area contributed by atoms with Gasteiger partial charge < -0.3 is 5.32 Å². The van der Waals surface area contributed by atoms with Crippen LogP contribution in [0.1, 0.15) is 18.4 Å². The lowest BCUT2D eigenvalue weighted by atomic mass is 10.2. The fraction of sp³-hybridized carbons (Fsp3) is 0.167. The van der Waals surface area contributed by atoms with Gasteiger partial charge in [0.15, 0.2) is 0 Å². The molecule has 0 aliphatic carbocycles. The van der Waals surface area contributed by atoms with Gasteiger partial charge in [-0.25, -0.2) is 4.99 Å². The molecule has 0 saturated heterocycles. The molecule has 0 aliphatic heterocycles. The van der Waals surface area contributed by atoms with Gasteiger partial charge in [-0.3, -0.25) is 9.59 Å². The van der Waals surface area contributed by atoms with Crippen molar-refractivity contribution in [3.05, 3.63) is 66.2 Å². The number of carbonyl (C=O) groups excluding carboxylic acids is 2. The van der Waals surface area contributed by atoms with E-state index in [1.54, 1.807) is 18.3 Å². The maximum atomic E-state index is 11.7. The van der Waals surface area contributed by atoms with Gasteiger partial charge in [-0.15, -0.1) is 0 Å². The molecule has 1 N–H and O–H groups in total. The largest absolute Gasteiger partial charge is 0.326 e. The second-order valence-electron chi connectivity index (χ2n) is 4.81. The number of para-hydroxylation sites is 1. The van der Waals surface area contributed by atoms with Crippen molar-refractivity contribution in [2.24, 2.45) is 4.99 Å². The molecule has 0 spiro atoms. The molecule has 0 heterocycles. The Kier molecular flexibility index (Phi) is 6.05. The summed E-state index contributed by atoms with van der Waals surface area (Å²) < 4.78 is 0. The van der Waals surface area contributed by atoms with Gasteiger partial charge >= 0.3 is 0 Å². The van der Waals surface area contributed by atoms with Gasteiger partial charge in [-0.05, 0) is 17.7 Å². The Bertz CT molecular complexity index is 637. The number of anilines is 1. The smallest absolute Gasteiger partial charge is 0.245 e. The summed E-state index contributed by atoms with van der Waals surface area (Å²) in [5, 5.41) is 2.74. The Morgan fingerprint density at radius 1 is 0.909 bits per heavy atom. The monoisotopic (exact) mass is 294 g/mol. The summed E-state index contributed by atoms with van der Waals surface area (Å²) in [6, 6.07) is 18.9. The average Bonchev–Trinajstić information content (AvgIpc) is 2.55. The molecule has 0 atom stereocenters. The SMILES string of the molecule is O=C(CCC(=O)Nc1ccccc1)N=CCc1ccccc1. The highest BCUT2D eigenvalue weighted by Gasteiger charge is 2.05. The van der Waals surface area contributed by atoms with Crippen molar-refractivity contribution >= 4 is 23.7 Å². The molecule has 112 valence electrons. The van der Waals surface area contributed by atoms with Gasteiger partial charge in [-0.1, -0.05) is 48.5 Å². The summed E-state index contributed by atoms with van der Waals surface area (Å²) in [4.78, 5) is 27.2. The van der Waals surface area contributed by atoms with Gasteiger partial charge in [0.1, 0.15) is 0 Å². The van der Waals surface area contributed by atoms with E-state index >= 15 is 0 Å². The molecule has 0 aromatic heterocycles. The molecule has 2 aromatic rings. The van der Waals surface area contributed by atoms with E-state index < -0.39 is 0 Å². The van der Waals surface area contributed by atoms with Crippen LogP contribution in [0.3, 0.4) is 0 Å². The Balaban J connectivity index is 1.70. The number of carbonyl (C=O) groups is 2. The average molecular weight is 294 g/mol. The number of aliphatic imine (C=N–C) groups is 1. The van der Waals surface area contributed by atoms with Crippen molar-refractivity contribution in [2.45, 2.75) is 19.3 Å². The Morgan fingerprint density at radius 3 is 2.23 bits per heavy atom. The van der Waals surface area contributed by atoms with Crippen LogP contribution in [-0.4, -0.2) is 18.0 Å². The third-order valence-electron chi connectivity index (χ3n) is 3.03. The minimum Gasteiger partial charge on any atom is -0.326 e. The number of rotatable bonds is 6. The topological polar surface area (TPSA) is 58.5 Å². The Labute approximate surface area is 129 Å². The van der Waals surface area contributed by atoms with Crippen LogP contribution in [0, 0.1) is 0 Å². The minimum atomic E-state index is -0.279. The summed E-state index contributed by atoms with van der Waals surface area (Å²) in [6.07, 6.45) is 2.45.